The monoisotopic (exact) mass is 399 g/mol. The highest BCUT2D eigenvalue weighted by Crippen LogP contribution is 2.29. The number of aromatic nitrogens is 5. The van der Waals surface area contributed by atoms with Crippen LogP contribution in [0, 0.1) is 6.92 Å². The molecule has 0 radical (unpaired) electrons. The summed E-state index contributed by atoms with van der Waals surface area (Å²) in [5.41, 5.74) is 2.00. The summed E-state index contributed by atoms with van der Waals surface area (Å²) in [6, 6.07) is 11.9. The van der Waals surface area contributed by atoms with E-state index in [0.717, 1.165) is 32.8 Å². The van der Waals surface area contributed by atoms with Gasteiger partial charge in [-0.1, -0.05) is 30.0 Å². The van der Waals surface area contributed by atoms with E-state index in [1.807, 2.05) is 48.7 Å². The highest BCUT2D eigenvalue weighted by atomic mass is 32.2. The molecule has 0 N–H and O–H groups in total. The zero-order valence-electron chi connectivity index (χ0n) is 14.8. The predicted octanol–water partition coefficient (Wildman–Crippen LogP) is 4.05. The first-order chi connectivity index (χ1) is 13.2. The van der Waals surface area contributed by atoms with Crippen LogP contribution in [-0.4, -0.2) is 32.3 Å². The summed E-state index contributed by atoms with van der Waals surface area (Å²) in [5, 5.41) is 14.8. The van der Waals surface area contributed by atoms with Crippen molar-refractivity contribution in [3.05, 3.63) is 58.8 Å². The van der Waals surface area contributed by atoms with Crippen LogP contribution in [0.5, 0.6) is 5.75 Å². The van der Waals surface area contributed by atoms with Gasteiger partial charge in [0.1, 0.15) is 11.5 Å². The molecule has 9 heteroatoms. The molecule has 4 rings (SSSR count). The van der Waals surface area contributed by atoms with Crippen LogP contribution in [0.4, 0.5) is 0 Å². The van der Waals surface area contributed by atoms with Gasteiger partial charge in [0.2, 0.25) is 11.0 Å². The van der Waals surface area contributed by atoms with Crippen molar-refractivity contribution in [2.45, 2.75) is 24.4 Å². The largest absolute Gasteiger partial charge is 0.497 e. The Labute approximate surface area is 164 Å². The van der Waals surface area contributed by atoms with Crippen molar-refractivity contribution < 1.29 is 9.15 Å². The smallest absolute Gasteiger partial charge is 0.236 e. The molecule has 1 aromatic carbocycles. The number of thiophene rings is 1. The number of nitrogens with zero attached hydrogens (tertiary/aromatic N) is 5. The minimum absolute atomic E-state index is 0.595. The van der Waals surface area contributed by atoms with E-state index in [1.165, 1.54) is 0 Å². The Morgan fingerprint density at radius 2 is 2.07 bits per heavy atom. The summed E-state index contributed by atoms with van der Waals surface area (Å²) in [5.74, 6) is 2.95. The second kappa shape index (κ2) is 7.93. The minimum Gasteiger partial charge on any atom is -0.497 e. The van der Waals surface area contributed by atoms with Crippen LogP contribution in [0.25, 0.3) is 10.8 Å². The molecule has 0 saturated carbocycles. The van der Waals surface area contributed by atoms with Crippen LogP contribution < -0.4 is 4.74 Å². The van der Waals surface area contributed by atoms with Gasteiger partial charge >= 0.3 is 0 Å². The van der Waals surface area contributed by atoms with Gasteiger partial charge in [-0.15, -0.1) is 16.4 Å². The van der Waals surface area contributed by atoms with E-state index in [2.05, 4.69) is 20.5 Å². The summed E-state index contributed by atoms with van der Waals surface area (Å²) in [7, 11) is 1.65. The molecule has 0 aliphatic rings. The molecule has 0 bridgehead atoms. The fourth-order valence-electron chi connectivity index (χ4n) is 2.50. The van der Waals surface area contributed by atoms with Gasteiger partial charge in [-0.05, 0) is 46.5 Å². The summed E-state index contributed by atoms with van der Waals surface area (Å²) < 4.78 is 12.8. The van der Waals surface area contributed by atoms with Crippen molar-refractivity contribution in [3.63, 3.8) is 0 Å². The highest BCUT2D eigenvalue weighted by Gasteiger charge is 2.15. The van der Waals surface area contributed by atoms with E-state index >= 15 is 0 Å². The minimum atomic E-state index is 0.595. The van der Waals surface area contributed by atoms with E-state index in [9.17, 15) is 0 Å². The van der Waals surface area contributed by atoms with Crippen molar-refractivity contribution in [2.75, 3.05) is 7.11 Å². The normalized spacial score (nSPS) is 11.0. The third-order valence-corrected chi connectivity index (χ3v) is 5.78. The molecule has 3 heterocycles. The van der Waals surface area contributed by atoms with E-state index in [1.54, 1.807) is 34.9 Å². The van der Waals surface area contributed by atoms with Crippen LogP contribution in [-0.2, 0) is 12.3 Å². The Hall–Kier alpha value is -2.65. The van der Waals surface area contributed by atoms with Gasteiger partial charge in [-0.25, -0.2) is 9.67 Å². The number of oxazole rings is 1. The molecule has 3 aromatic heterocycles. The van der Waals surface area contributed by atoms with Crippen LogP contribution in [0.1, 0.15) is 17.0 Å². The van der Waals surface area contributed by atoms with Crippen molar-refractivity contribution in [1.82, 2.24) is 25.2 Å². The third kappa shape index (κ3) is 4.04. The second-order valence-corrected chi connectivity index (χ2v) is 7.65. The molecule has 0 amide bonds. The van der Waals surface area contributed by atoms with Crippen LogP contribution in [0.2, 0.25) is 0 Å². The Balaban J connectivity index is 1.44. The van der Waals surface area contributed by atoms with Gasteiger partial charge in [0.05, 0.1) is 24.2 Å². The van der Waals surface area contributed by atoms with E-state index in [0.29, 0.717) is 18.2 Å². The van der Waals surface area contributed by atoms with Crippen molar-refractivity contribution in [2.24, 2.45) is 0 Å². The molecule has 7 nitrogen and oxygen atoms in total. The maximum Gasteiger partial charge on any atom is 0.236 e. The lowest BCUT2D eigenvalue weighted by atomic mass is 10.2. The molecule has 0 spiro atoms. The molecule has 4 aromatic rings. The Bertz CT molecular complexity index is 1010. The van der Waals surface area contributed by atoms with Gasteiger partial charge in [-0.3, -0.25) is 0 Å². The standard InChI is InChI=1S/C18H17N5O2S2/c1-12-15(19-17(25-12)16-4-3-9-26-16)11-27-18-20-21-22-23(18)10-13-5-7-14(24-2)8-6-13/h3-9H,10-11H2,1-2H3. The first-order valence-electron chi connectivity index (χ1n) is 8.25. The second-order valence-electron chi connectivity index (χ2n) is 5.76. The Kier molecular flexibility index (Phi) is 5.21. The molecule has 0 atom stereocenters. The zero-order valence-corrected chi connectivity index (χ0v) is 16.5. The average molecular weight is 400 g/mol. The molecule has 0 aliphatic carbocycles. The van der Waals surface area contributed by atoms with Crippen molar-refractivity contribution in [3.8, 4) is 16.5 Å². The van der Waals surface area contributed by atoms with Gasteiger partial charge in [-0.2, -0.15) is 0 Å². The molecular formula is C18H17N5O2S2. The van der Waals surface area contributed by atoms with Crippen molar-refractivity contribution >= 4 is 23.1 Å². The molecule has 0 unspecified atom stereocenters. The fraction of sp³-hybridized carbons (Fsp3) is 0.222. The Morgan fingerprint density at radius 1 is 1.22 bits per heavy atom. The van der Waals surface area contributed by atoms with Gasteiger partial charge < -0.3 is 9.15 Å². The molecule has 138 valence electrons. The number of hydrogen-bond donors (Lipinski definition) is 0. The predicted molar refractivity (Wildman–Crippen MR) is 104 cm³/mol. The lowest BCUT2D eigenvalue weighted by molar-refractivity contribution is 0.414. The number of methoxy groups -OCH3 is 1. The summed E-state index contributed by atoms with van der Waals surface area (Å²) in [6.07, 6.45) is 0. The first-order valence-corrected chi connectivity index (χ1v) is 10.1. The van der Waals surface area contributed by atoms with Crippen LogP contribution in [0.3, 0.4) is 0 Å². The molecule has 27 heavy (non-hydrogen) atoms. The number of tetrazole rings is 1. The third-order valence-electron chi connectivity index (χ3n) is 3.95. The fourth-order valence-corrected chi connectivity index (χ4v) is 4.03. The first kappa shape index (κ1) is 17.7. The summed E-state index contributed by atoms with van der Waals surface area (Å²) >= 11 is 3.15. The number of thioether (sulfide) groups is 1. The van der Waals surface area contributed by atoms with Gasteiger partial charge in [0, 0.05) is 5.75 Å². The number of hydrogen-bond acceptors (Lipinski definition) is 8. The SMILES string of the molecule is COc1ccc(Cn2nnnc2SCc2nc(-c3cccs3)oc2C)cc1. The number of rotatable bonds is 7. The zero-order chi connectivity index (χ0) is 18.6. The van der Waals surface area contributed by atoms with E-state index in [-0.39, 0.29) is 0 Å². The average Bonchev–Trinajstić information content (AvgIpc) is 3.42. The lowest BCUT2D eigenvalue weighted by Gasteiger charge is -2.05. The number of aryl methyl sites for hydroxylation is 1. The van der Waals surface area contributed by atoms with Gasteiger partial charge in [0.25, 0.3) is 0 Å². The molecule has 0 fully saturated rings. The molecular weight excluding hydrogens is 382 g/mol. The quantitative estimate of drug-likeness (QED) is 0.434. The van der Waals surface area contributed by atoms with E-state index < -0.39 is 0 Å². The molecule has 0 aliphatic heterocycles. The lowest BCUT2D eigenvalue weighted by Crippen LogP contribution is -2.04. The Morgan fingerprint density at radius 3 is 2.81 bits per heavy atom. The topological polar surface area (TPSA) is 78.9 Å². The number of benzene rings is 1. The summed E-state index contributed by atoms with van der Waals surface area (Å²) in [4.78, 5) is 5.64. The maximum atomic E-state index is 5.79. The number of ether oxygens (including phenoxy) is 1. The van der Waals surface area contributed by atoms with Crippen LogP contribution in [0.15, 0.2) is 51.4 Å². The highest BCUT2D eigenvalue weighted by molar-refractivity contribution is 7.98. The molecule has 0 saturated heterocycles. The maximum absolute atomic E-state index is 5.79. The van der Waals surface area contributed by atoms with Crippen molar-refractivity contribution in [1.29, 1.82) is 0 Å². The van der Waals surface area contributed by atoms with Crippen LogP contribution >= 0.6 is 23.1 Å². The summed E-state index contributed by atoms with van der Waals surface area (Å²) in [6.45, 7) is 2.53. The van der Waals surface area contributed by atoms with E-state index in [4.69, 9.17) is 9.15 Å². The van der Waals surface area contributed by atoms with Gasteiger partial charge in [0.15, 0.2) is 0 Å².